The molecule has 0 saturated heterocycles. The number of fused-ring (bicyclic) bond motifs is 1. The molecule has 1 aromatic heterocycles. The molecule has 1 aromatic carbocycles. The third kappa shape index (κ3) is 1.56. The van der Waals surface area contributed by atoms with E-state index in [0.29, 0.717) is 5.92 Å². The second-order valence-electron chi connectivity index (χ2n) is 4.93. The van der Waals surface area contributed by atoms with E-state index in [9.17, 15) is 0 Å². The fourth-order valence-corrected chi connectivity index (χ4v) is 2.78. The number of aromatic nitrogens is 2. The molecule has 4 nitrogen and oxygen atoms in total. The predicted octanol–water partition coefficient (Wildman–Crippen LogP) is 1.97. The molecular formula is C14H18N4. The minimum absolute atomic E-state index is 0.367. The molecule has 0 saturated carbocycles. The highest BCUT2D eigenvalue weighted by Gasteiger charge is 2.26. The van der Waals surface area contributed by atoms with Gasteiger partial charge < -0.3 is 10.6 Å². The van der Waals surface area contributed by atoms with Gasteiger partial charge in [-0.3, -0.25) is 4.68 Å². The zero-order valence-corrected chi connectivity index (χ0v) is 10.8. The molecule has 1 aliphatic rings. The van der Waals surface area contributed by atoms with Gasteiger partial charge in [0.2, 0.25) is 0 Å². The molecule has 0 amide bonds. The summed E-state index contributed by atoms with van der Waals surface area (Å²) in [6.07, 6.45) is 2.99. The van der Waals surface area contributed by atoms with Crippen LogP contribution in [0.15, 0.2) is 30.5 Å². The fourth-order valence-electron chi connectivity index (χ4n) is 2.78. The third-order valence-electron chi connectivity index (χ3n) is 3.87. The van der Waals surface area contributed by atoms with E-state index in [1.807, 2.05) is 13.2 Å². The average Bonchev–Trinajstić information content (AvgIpc) is 2.71. The van der Waals surface area contributed by atoms with Crippen LogP contribution in [0.2, 0.25) is 0 Å². The van der Waals surface area contributed by atoms with E-state index in [2.05, 4.69) is 41.3 Å². The van der Waals surface area contributed by atoms with Gasteiger partial charge in [0.25, 0.3) is 0 Å². The summed E-state index contributed by atoms with van der Waals surface area (Å²) in [4.78, 5) is 2.30. The van der Waals surface area contributed by atoms with Crippen LogP contribution in [0, 0.1) is 0 Å². The first kappa shape index (κ1) is 11.1. The van der Waals surface area contributed by atoms with Gasteiger partial charge in [-0.25, -0.2) is 0 Å². The Morgan fingerprint density at radius 3 is 2.72 bits per heavy atom. The molecule has 18 heavy (non-hydrogen) atoms. The van der Waals surface area contributed by atoms with Crippen LogP contribution in [-0.4, -0.2) is 23.4 Å². The number of hydrogen-bond acceptors (Lipinski definition) is 3. The molecule has 1 aliphatic heterocycles. The van der Waals surface area contributed by atoms with Crippen molar-refractivity contribution in [3.63, 3.8) is 0 Å². The van der Waals surface area contributed by atoms with Crippen molar-refractivity contribution < 1.29 is 0 Å². The van der Waals surface area contributed by atoms with Crippen LogP contribution in [0.4, 0.5) is 11.5 Å². The Morgan fingerprint density at radius 2 is 2.00 bits per heavy atom. The number of nitrogens with zero attached hydrogens (tertiary/aromatic N) is 3. The minimum Gasteiger partial charge on any atom is -0.384 e. The lowest BCUT2D eigenvalue weighted by molar-refractivity contribution is 0.667. The highest BCUT2D eigenvalue weighted by molar-refractivity contribution is 5.61. The molecule has 2 aromatic rings. The largest absolute Gasteiger partial charge is 0.384 e. The van der Waals surface area contributed by atoms with Crippen molar-refractivity contribution in [3.05, 3.63) is 41.6 Å². The smallest absolute Gasteiger partial charge is 0.125 e. The predicted molar refractivity (Wildman–Crippen MR) is 73.8 cm³/mol. The summed E-state index contributed by atoms with van der Waals surface area (Å²) < 4.78 is 1.75. The zero-order chi connectivity index (χ0) is 12.7. The van der Waals surface area contributed by atoms with Gasteiger partial charge in [-0.15, -0.1) is 0 Å². The van der Waals surface area contributed by atoms with Crippen LogP contribution in [-0.2, 0) is 7.05 Å². The van der Waals surface area contributed by atoms with Crippen LogP contribution in [0.5, 0.6) is 0 Å². The van der Waals surface area contributed by atoms with Crippen molar-refractivity contribution in [2.75, 3.05) is 24.2 Å². The molecule has 1 atom stereocenters. The highest BCUT2D eigenvalue weighted by Crippen LogP contribution is 2.40. The summed E-state index contributed by atoms with van der Waals surface area (Å²) in [5.74, 6) is 1.14. The monoisotopic (exact) mass is 242 g/mol. The lowest BCUT2D eigenvalue weighted by atomic mass is 9.85. The van der Waals surface area contributed by atoms with Gasteiger partial charge in [-0.05, 0) is 18.1 Å². The van der Waals surface area contributed by atoms with Crippen LogP contribution < -0.4 is 10.6 Å². The number of anilines is 2. The van der Waals surface area contributed by atoms with E-state index in [-0.39, 0.29) is 0 Å². The Kier molecular flexibility index (Phi) is 2.51. The first-order chi connectivity index (χ1) is 8.68. The summed E-state index contributed by atoms with van der Waals surface area (Å²) >= 11 is 0. The second-order valence-corrected chi connectivity index (χ2v) is 4.93. The van der Waals surface area contributed by atoms with E-state index in [1.54, 1.807) is 4.68 Å². The number of nitrogens with two attached hydrogens (primary N) is 1. The molecule has 1 unspecified atom stereocenters. The van der Waals surface area contributed by atoms with Crippen molar-refractivity contribution >= 4 is 11.5 Å². The summed E-state index contributed by atoms with van der Waals surface area (Å²) in [6, 6.07) is 8.55. The van der Waals surface area contributed by atoms with Gasteiger partial charge >= 0.3 is 0 Å². The molecule has 0 spiro atoms. The Labute approximate surface area is 107 Å². The zero-order valence-electron chi connectivity index (χ0n) is 10.8. The Bertz CT molecular complexity index is 573. The topological polar surface area (TPSA) is 47.1 Å². The van der Waals surface area contributed by atoms with Crippen molar-refractivity contribution in [2.45, 2.75) is 12.3 Å². The highest BCUT2D eigenvalue weighted by atomic mass is 15.3. The normalized spacial score (nSPS) is 18.8. The van der Waals surface area contributed by atoms with E-state index >= 15 is 0 Å². The van der Waals surface area contributed by atoms with Gasteiger partial charge in [-0.1, -0.05) is 18.2 Å². The fraction of sp³-hybridized carbons (Fsp3) is 0.357. The quantitative estimate of drug-likeness (QED) is 0.831. The molecule has 0 radical (unpaired) electrons. The molecule has 0 fully saturated rings. The summed E-state index contributed by atoms with van der Waals surface area (Å²) in [7, 11) is 4.03. The van der Waals surface area contributed by atoms with Crippen molar-refractivity contribution in [3.8, 4) is 0 Å². The number of rotatable bonds is 1. The molecule has 3 rings (SSSR count). The molecule has 94 valence electrons. The minimum atomic E-state index is 0.367. The number of hydrogen-bond donors (Lipinski definition) is 1. The van der Waals surface area contributed by atoms with Gasteiger partial charge in [0, 0.05) is 37.8 Å². The molecule has 2 heterocycles. The lowest BCUT2D eigenvalue weighted by Gasteiger charge is -2.33. The van der Waals surface area contributed by atoms with Crippen molar-refractivity contribution in [2.24, 2.45) is 7.05 Å². The van der Waals surface area contributed by atoms with Crippen LogP contribution in [0.1, 0.15) is 23.5 Å². The standard InChI is InChI=1S/C14H18N4/c1-17-8-7-10(11-5-3-4-6-13(11)17)12-9-16-18(2)14(12)15/h3-6,9-10H,7-8,15H2,1-2H3. The van der Waals surface area contributed by atoms with Gasteiger partial charge in [0.05, 0.1) is 6.20 Å². The molecule has 2 N–H and O–H groups in total. The Balaban J connectivity index is 2.10. The van der Waals surface area contributed by atoms with Crippen molar-refractivity contribution in [1.82, 2.24) is 9.78 Å². The lowest BCUT2D eigenvalue weighted by Crippen LogP contribution is -2.27. The number of benzene rings is 1. The van der Waals surface area contributed by atoms with Gasteiger partial charge in [-0.2, -0.15) is 5.10 Å². The van der Waals surface area contributed by atoms with Gasteiger partial charge in [0.15, 0.2) is 0 Å². The van der Waals surface area contributed by atoms with Gasteiger partial charge in [0.1, 0.15) is 5.82 Å². The second kappa shape index (κ2) is 4.05. The number of para-hydroxylation sites is 1. The maximum Gasteiger partial charge on any atom is 0.125 e. The first-order valence-electron chi connectivity index (χ1n) is 6.26. The molecule has 4 heteroatoms. The summed E-state index contributed by atoms with van der Waals surface area (Å²) in [5, 5.41) is 4.26. The maximum absolute atomic E-state index is 6.11. The Morgan fingerprint density at radius 1 is 1.22 bits per heavy atom. The van der Waals surface area contributed by atoms with Crippen molar-refractivity contribution in [1.29, 1.82) is 0 Å². The summed E-state index contributed by atoms with van der Waals surface area (Å²) in [5.41, 5.74) is 9.92. The maximum atomic E-state index is 6.11. The molecule has 0 bridgehead atoms. The summed E-state index contributed by atoms with van der Waals surface area (Å²) in [6.45, 7) is 1.05. The molecule has 0 aliphatic carbocycles. The SMILES string of the molecule is CN1CCC(c2cnn(C)c2N)c2ccccc21. The van der Waals surface area contributed by atoms with Crippen LogP contribution in [0.3, 0.4) is 0 Å². The van der Waals surface area contributed by atoms with Crippen LogP contribution >= 0.6 is 0 Å². The van der Waals surface area contributed by atoms with E-state index in [4.69, 9.17) is 5.73 Å². The third-order valence-corrected chi connectivity index (χ3v) is 3.87. The first-order valence-corrected chi connectivity index (χ1v) is 6.26. The van der Waals surface area contributed by atoms with E-state index in [1.165, 1.54) is 11.3 Å². The molecular weight excluding hydrogens is 224 g/mol. The number of nitrogen functional groups attached to an aromatic ring is 1. The number of aryl methyl sites for hydroxylation is 1. The van der Waals surface area contributed by atoms with E-state index < -0.39 is 0 Å². The Hall–Kier alpha value is -1.97. The average molecular weight is 242 g/mol. The van der Waals surface area contributed by atoms with E-state index in [0.717, 1.165) is 24.3 Å². The van der Waals surface area contributed by atoms with Crippen LogP contribution in [0.25, 0.3) is 0 Å².